The maximum absolute atomic E-state index is 12.0. The molecular formula is C13H20N4O3S. The SMILES string of the molecule is CS(=O)(=O)CCCC(=O)N1CCN(c2ncccn2)CC1. The first-order chi connectivity index (χ1) is 9.96. The maximum Gasteiger partial charge on any atom is 0.225 e. The number of carbonyl (C=O) groups is 1. The number of sulfone groups is 1. The lowest BCUT2D eigenvalue weighted by atomic mass is 10.2. The summed E-state index contributed by atoms with van der Waals surface area (Å²) in [6.45, 7) is 2.63. The zero-order valence-corrected chi connectivity index (χ0v) is 12.9. The largest absolute Gasteiger partial charge is 0.339 e. The third kappa shape index (κ3) is 4.96. The second-order valence-electron chi connectivity index (χ2n) is 5.15. The van der Waals surface area contributed by atoms with Gasteiger partial charge >= 0.3 is 0 Å². The van der Waals surface area contributed by atoms with E-state index in [9.17, 15) is 13.2 Å². The highest BCUT2D eigenvalue weighted by molar-refractivity contribution is 7.90. The number of hydrogen-bond donors (Lipinski definition) is 0. The Balaban J connectivity index is 1.77. The molecule has 0 N–H and O–H groups in total. The number of piperazine rings is 1. The van der Waals surface area contributed by atoms with Crippen LogP contribution in [0.1, 0.15) is 12.8 Å². The van der Waals surface area contributed by atoms with Gasteiger partial charge in [0.2, 0.25) is 11.9 Å². The minimum absolute atomic E-state index is 0.0206. The summed E-state index contributed by atoms with van der Waals surface area (Å²) in [6, 6.07) is 1.77. The molecule has 8 heteroatoms. The fraction of sp³-hybridized carbons (Fsp3) is 0.615. The molecule has 1 aliphatic rings. The molecule has 1 fully saturated rings. The number of anilines is 1. The zero-order chi connectivity index (χ0) is 15.3. The minimum Gasteiger partial charge on any atom is -0.339 e. The van der Waals surface area contributed by atoms with E-state index in [0.717, 1.165) is 0 Å². The van der Waals surface area contributed by atoms with Crippen LogP contribution in [0.15, 0.2) is 18.5 Å². The highest BCUT2D eigenvalue weighted by Crippen LogP contribution is 2.11. The molecule has 0 atom stereocenters. The first-order valence-corrected chi connectivity index (χ1v) is 8.99. The normalized spacial score (nSPS) is 16.0. The average molecular weight is 312 g/mol. The summed E-state index contributed by atoms with van der Waals surface area (Å²) in [5, 5.41) is 0. The fourth-order valence-electron chi connectivity index (χ4n) is 2.25. The fourth-order valence-corrected chi connectivity index (χ4v) is 2.92. The number of aromatic nitrogens is 2. The van der Waals surface area contributed by atoms with Crippen molar-refractivity contribution in [3.63, 3.8) is 0 Å². The Morgan fingerprint density at radius 3 is 2.38 bits per heavy atom. The first kappa shape index (κ1) is 15.7. The third-order valence-electron chi connectivity index (χ3n) is 3.37. The van der Waals surface area contributed by atoms with E-state index in [1.807, 2.05) is 4.90 Å². The van der Waals surface area contributed by atoms with Gasteiger partial charge in [-0.2, -0.15) is 0 Å². The van der Waals surface area contributed by atoms with Crippen molar-refractivity contribution in [2.24, 2.45) is 0 Å². The molecule has 0 aromatic carbocycles. The van der Waals surface area contributed by atoms with Gasteiger partial charge in [0.25, 0.3) is 0 Å². The van der Waals surface area contributed by atoms with Crippen LogP contribution in [0.5, 0.6) is 0 Å². The predicted octanol–water partition coefficient (Wildman–Crippen LogP) is -0.0500. The van der Waals surface area contributed by atoms with Crippen LogP contribution in [-0.4, -0.2) is 67.4 Å². The van der Waals surface area contributed by atoms with Crippen molar-refractivity contribution in [3.05, 3.63) is 18.5 Å². The summed E-state index contributed by atoms with van der Waals surface area (Å²) < 4.78 is 22.1. The van der Waals surface area contributed by atoms with Crippen LogP contribution >= 0.6 is 0 Å². The van der Waals surface area contributed by atoms with Gasteiger partial charge < -0.3 is 9.80 Å². The van der Waals surface area contributed by atoms with Gasteiger partial charge in [0.05, 0.1) is 5.75 Å². The van der Waals surface area contributed by atoms with Crippen LogP contribution in [0.4, 0.5) is 5.95 Å². The van der Waals surface area contributed by atoms with Gasteiger partial charge in [-0.1, -0.05) is 0 Å². The second-order valence-corrected chi connectivity index (χ2v) is 7.41. The van der Waals surface area contributed by atoms with E-state index in [4.69, 9.17) is 0 Å². The van der Waals surface area contributed by atoms with E-state index in [2.05, 4.69) is 9.97 Å². The monoisotopic (exact) mass is 312 g/mol. The van der Waals surface area contributed by atoms with Crippen molar-refractivity contribution < 1.29 is 13.2 Å². The van der Waals surface area contributed by atoms with Gasteiger partial charge in [-0.15, -0.1) is 0 Å². The van der Waals surface area contributed by atoms with Crippen LogP contribution in [0, 0.1) is 0 Å². The number of amides is 1. The summed E-state index contributed by atoms with van der Waals surface area (Å²) in [5.41, 5.74) is 0. The van der Waals surface area contributed by atoms with E-state index < -0.39 is 9.84 Å². The van der Waals surface area contributed by atoms with Gasteiger partial charge in [0.1, 0.15) is 9.84 Å². The van der Waals surface area contributed by atoms with Gasteiger partial charge in [-0.3, -0.25) is 4.79 Å². The summed E-state index contributed by atoms with van der Waals surface area (Å²) >= 11 is 0. The third-order valence-corrected chi connectivity index (χ3v) is 4.40. The number of hydrogen-bond acceptors (Lipinski definition) is 6. The van der Waals surface area contributed by atoms with Crippen molar-refractivity contribution >= 4 is 21.7 Å². The molecule has 2 heterocycles. The number of carbonyl (C=O) groups excluding carboxylic acids is 1. The Kier molecular flexibility index (Phi) is 5.11. The van der Waals surface area contributed by atoms with Gasteiger partial charge in [0, 0.05) is 51.2 Å². The van der Waals surface area contributed by atoms with Crippen LogP contribution in [0.2, 0.25) is 0 Å². The Hall–Kier alpha value is -1.70. The molecule has 1 aromatic rings. The molecule has 0 saturated carbocycles. The number of nitrogens with zero attached hydrogens (tertiary/aromatic N) is 4. The molecule has 0 unspecified atom stereocenters. The Morgan fingerprint density at radius 2 is 1.81 bits per heavy atom. The predicted molar refractivity (Wildman–Crippen MR) is 79.8 cm³/mol. The molecule has 2 rings (SSSR count). The average Bonchev–Trinajstić information content (AvgIpc) is 2.47. The van der Waals surface area contributed by atoms with E-state index >= 15 is 0 Å². The summed E-state index contributed by atoms with van der Waals surface area (Å²) in [6.07, 6.45) is 5.26. The molecular weight excluding hydrogens is 292 g/mol. The molecule has 7 nitrogen and oxygen atoms in total. The highest BCUT2D eigenvalue weighted by Gasteiger charge is 2.22. The highest BCUT2D eigenvalue weighted by atomic mass is 32.2. The van der Waals surface area contributed by atoms with Gasteiger partial charge in [-0.05, 0) is 12.5 Å². The maximum atomic E-state index is 12.0. The van der Waals surface area contributed by atoms with Crippen molar-refractivity contribution in [2.45, 2.75) is 12.8 Å². The molecule has 21 heavy (non-hydrogen) atoms. The lowest BCUT2D eigenvalue weighted by Crippen LogP contribution is -2.49. The van der Waals surface area contributed by atoms with Crippen molar-refractivity contribution in [2.75, 3.05) is 43.1 Å². The molecule has 1 amide bonds. The number of rotatable bonds is 5. The molecule has 1 aromatic heterocycles. The summed E-state index contributed by atoms with van der Waals surface area (Å²) in [4.78, 5) is 24.2. The smallest absolute Gasteiger partial charge is 0.225 e. The zero-order valence-electron chi connectivity index (χ0n) is 12.1. The molecule has 1 aliphatic heterocycles. The molecule has 116 valence electrons. The lowest BCUT2D eigenvalue weighted by molar-refractivity contribution is -0.131. The van der Waals surface area contributed by atoms with Crippen LogP contribution in [-0.2, 0) is 14.6 Å². The Labute approximate surface area is 124 Å². The van der Waals surface area contributed by atoms with Crippen molar-refractivity contribution in [1.82, 2.24) is 14.9 Å². The van der Waals surface area contributed by atoms with Gasteiger partial charge in [0.15, 0.2) is 0 Å². The van der Waals surface area contributed by atoms with E-state index in [1.54, 1.807) is 23.4 Å². The van der Waals surface area contributed by atoms with E-state index in [-0.39, 0.29) is 18.1 Å². The van der Waals surface area contributed by atoms with E-state index in [0.29, 0.717) is 38.5 Å². The van der Waals surface area contributed by atoms with Crippen molar-refractivity contribution in [3.8, 4) is 0 Å². The summed E-state index contributed by atoms with van der Waals surface area (Å²) in [5.74, 6) is 0.769. The molecule has 0 spiro atoms. The standard InChI is InChI=1S/C13H20N4O3S/c1-21(19,20)11-2-4-12(18)16-7-9-17(10-8-16)13-14-5-3-6-15-13/h3,5-6H,2,4,7-11H2,1H3. The molecule has 0 bridgehead atoms. The lowest BCUT2D eigenvalue weighted by Gasteiger charge is -2.34. The Bertz CT molecular complexity index is 568. The quantitative estimate of drug-likeness (QED) is 0.758. The van der Waals surface area contributed by atoms with E-state index in [1.165, 1.54) is 6.26 Å². The van der Waals surface area contributed by atoms with Crippen LogP contribution in [0.25, 0.3) is 0 Å². The van der Waals surface area contributed by atoms with Crippen LogP contribution < -0.4 is 4.90 Å². The Morgan fingerprint density at radius 1 is 1.19 bits per heavy atom. The van der Waals surface area contributed by atoms with Crippen molar-refractivity contribution in [1.29, 1.82) is 0 Å². The second kappa shape index (κ2) is 6.84. The topological polar surface area (TPSA) is 83.5 Å². The molecule has 0 aliphatic carbocycles. The molecule has 0 radical (unpaired) electrons. The molecule has 1 saturated heterocycles. The minimum atomic E-state index is -2.99. The first-order valence-electron chi connectivity index (χ1n) is 6.93. The summed E-state index contributed by atoms with van der Waals surface area (Å²) in [7, 11) is -2.99. The van der Waals surface area contributed by atoms with Crippen LogP contribution in [0.3, 0.4) is 0 Å². The van der Waals surface area contributed by atoms with Gasteiger partial charge in [-0.25, -0.2) is 18.4 Å².